The van der Waals surface area contributed by atoms with Crippen LogP contribution < -0.4 is 5.56 Å². The molecule has 2 aromatic carbocycles. The smallest absolute Gasteiger partial charge is 0.262 e. The molecule has 1 heterocycles. The van der Waals surface area contributed by atoms with Crippen LogP contribution in [0.15, 0.2) is 58.5 Å². The number of nitrogens with zero attached hydrogens (tertiary/aromatic N) is 2. The average molecular weight is 417 g/mol. The van der Waals surface area contributed by atoms with Crippen LogP contribution in [0.1, 0.15) is 31.9 Å². The van der Waals surface area contributed by atoms with Crippen molar-refractivity contribution in [2.45, 2.75) is 44.2 Å². The summed E-state index contributed by atoms with van der Waals surface area (Å²) in [6.07, 6.45) is 0.0300. The maximum atomic E-state index is 13.6. The highest BCUT2D eigenvalue weighted by Crippen LogP contribution is 2.23. The maximum Gasteiger partial charge on any atom is 0.262 e. The van der Waals surface area contributed by atoms with E-state index in [1.807, 2.05) is 32.0 Å². The molecular weight excluding hydrogens is 391 g/mol. The van der Waals surface area contributed by atoms with Gasteiger partial charge in [-0.05, 0) is 31.5 Å². The van der Waals surface area contributed by atoms with E-state index in [9.17, 15) is 14.3 Å². The third-order valence-electron chi connectivity index (χ3n) is 4.74. The molecule has 0 aliphatic carbocycles. The first-order valence-electron chi connectivity index (χ1n) is 9.64. The number of halogens is 1. The van der Waals surface area contributed by atoms with Crippen LogP contribution in [0.3, 0.4) is 0 Å². The van der Waals surface area contributed by atoms with Crippen molar-refractivity contribution < 1.29 is 14.2 Å². The third kappa shape index (κ3) is 5.23. The van der Waals surface area contributed by atoms with Crippen molar-refractivity contribution in [3.05, 3.63) is 70.3 Å². The molecule has 1 N–H and O–H groups in total. The van der Waals surface area contributed by atoms with E-state index in [4.69, 9.17) is 4.74 Å². The van der Waals surface area contributed by atoms with Gasteiger partial charge in [-0.25, -0.2) is 9.37 Å². The topological polar surface area (TPSA) is 64.3 Å². The van der Waals surface area contributed by atoms with Gasteiger partial charge in [0, 0.05) is 17.4 Å². The molecule has 0 unspecified atom stereocenters. The van der Waals surface area contributed by atoms with Gasteiger partial charge in [-0.15, -0.1) is 0 Å². The SMILES string of the molecule is CC[C@H](C)n1c(SC[C@H](O)COCc2ccccc2F)nc2ccccc2c1=O. The molecule has 0 radical (unpaired) electrons. The Morgan fingerprint density at radius 1 is 1.21 bits per heavy atom. The fourth-order valence-corrected chi connectivity index (χ4v) is 3.94. The van der Waals surface area contributed by atoms with Crippen LogP contribution in [0, 0.1) is 5.82 Å². The molecule has 154 valence electrons. The summed E-state index contributed by atoms with van der Waals surface area (Å²) in [5.41, 5.74) is 1.02. The van der Waals surface area contributed by atoms with Crippen LogP contribution in [-0.4, -0.2) is 33.1 Å². The number of para-hydroxylation sites is 1. The Kier molecular flexibility index (Phi) is 7.41. The van der Waals surface area contributed by atoms with E-state index in [2.05, 4.69) is 4.98 Å². The van der Waals surface area contributed by atoms with Crippen molar-refractivity contribution in [1.82, 2.24) is 9.55 Å². The van der Waals surface area contributed by atoms with Gasteiger partial charge >= 0.3 is 0 Å². The third-order valence-corrected chi connectivity index (χ3v) is 5.84. The quantitative estimate of drug-likeness (QED) is 0.419. The summed E-state index contributed by atoms with van der Waals surface area (Å²) in [4.78, 5) is 17.6. The summed E-state index contributed by atoms with van der Waals surface area (Å²) >= 11 is 1.33. The Hall–Kier alpha value is -2.22. The Morgan fingerprint density at radius 3 is 2.69 bits per heavy atom. The summed E-state index contributed by atoms with van der Waals surface area (Å²) in [5, 5.41) is 11.4. The van der Waals surface area contributed by atoms with Gasteiger partial charge in [-0.2, -0.15) is 0 Å². The lowest BCUT2D eigenvalue weighted by atomic mass is 10.2. The Morgan fingerprint density at radius 2 is 1.93 bits per heavy atom. The van der Waals surface area contributed by atoms with E-state index in [0.717, 1.165) is 6.42 Å². The fourth-order valence-electron chi connectivity index (χ4n) is 2.94. The normalized spacial score (nSPS) is 13.5. The second-order valence-corrected chi connectivity index (χ2v) is 7.90. The predicted octanol–water partition coefficient (Wildman–Crippen LogP) is 4.18. The van der Waals surface area contributed by atoms with Crippen molar-refractivity contribution in [3.8, 4) is 0 Å². The number of hydrogen-bond donors (Lipinski definition) is 1. The number of aromatic nitrogens is 2. The number of hydrogen-bond acceptors (Lipinski definition) is 5. The van der Waals surface area contributed by atoms with Crippen LogP contribution in [0.5, 0.6) is 0 Å². The maximum absolute atomic E-state index is 13.6. The van der Waals surface area contributed by atoms with Crippen LogP contribution in [0.4, 0.5) is 4.39 Å². The average Bonchev–Trinajstić information content (AvgIpc) is 2.73. The predicted molar refractivity (Wildman–Crippen MR) is 114 cm³/mol. The standard InChI is InChI=1S/C22H25FN2O3S/c1-3-15(2)25-21(27)18-9-5-7-11-20(18)24-22(25)29-14-17(26)13-28-12-16-8-4-6-10-19(16)23/h4-11,15,17,26H,3,12-14H2,1-2H3/t15-,17+/m0/s1. The van der Waals surface area contributed by atoms with Gasteiger partial charge in [-0.3, -0.25) is 9.36 Å². The van der Waals surface area contributed by atoms with Crippen molar-refractivity contribution in [1.29, 1.82) is 0 Å². The van der Waals surface area contributed by atoms with Crippen LogP contribution >= 0.6 is 11.8 Å². The molecule has 0 aliphatic heterocycles. The molecule has 0 fully saturated rings. The van der Waals surface area contributed by atoms with Crippen molar-refractivity contribution in [2.24, 2.45) is 0 Å². The summed E-state index contributed by atoms with van der Waals surface area (Å²) < 4.78 is 20.8. The van der Waals surface area contributed by atoms with E-state index >= 15 is 0 Å². The first kappa shape index (κ1) is 21.5. The van der Waals surface area contributed by atoms with E-state index < -0.39 is 6.10 Å². The van der Waals surface area contributed by atoms with Gasteiger partial charge in [-0.1, -0.05) is 49.0 Å². The molecule has 0 saturated carbocycles. The lowest BCUT2D eigenvalue weighted by Gasteiger charge is -2.19. The molecule has 3 rings (SSSR count). The van der Waals surface area contributed by atoms with Gasteiger partial charge in [0.15, 0.2) is 5.16 Å². The number of aliphatic hydroxyl groups is 1. The zero-order valence-electron chi connectivity index (χ0n) is 16.5. The van der Waals surface area contributed by atoms with Gasteiger partial charge in [0.25, 0.3) is 5.56 Å². The van der Waals surface area contributed by atoms with E-state index in [1.54, 1.807) is 28.8 Å². The molecule has 0 spiro atoms. The fraction of sp³-hybridized carbons (Fsp3) is 0.364. The number of ether oxygens (including phenoxy) is 1. The largest absolute Gasteiger partial charge is 0.390 e. The highest BCUT2D eigenvalue weighted by atomic mass is 32.2. The monoisotopic (exact) mass is 416 g/mol. The summed E-state index contributed by atoms with van der Waals surface area (Å²) in [7, 11) is 0. The van der Waals surface area contributed by atoms with E-state index in [1.165, 1.54) is 17.8 Å². The molecule has 0 saturated heterocycles. The van der Waals surface area contributed by atoms with Crippen molar-refractivity contribution >= 4 is 22.7 Å². The second kappa shape index (κ2) is 10.0. The van der Waals surface area contributed by atoms with Crippen LogP contribution in [-0.2, 0) is 11.3 Å². The lowest BCUT2D eigenvalue weighted by molar-refractivity contribution is 0.0386. The molecular formula is C22H25FN2O3S. The molecule has 29 heavy (non-hydrogen) atoms. The van der Waals surface area contributed by atoms with Crippen LogP contribution in [0.2, 0.25) is 0 Å². The first-order valence-corrected chi connectivity index (χ1v) is 10.6. The summed E-state index contributed by atoms with van der Waals surface area (Å²) in [6.45, 7) is 4.17. The number of rotatable bonds is 9. The zero-order chi connectivity index (χ0) is 20.8. The van der Waals surface area contributed by atoms with E-state index in [0.29, 0.717) is 27.4 Å². The zero-order valence-corrected chi connectivity index (χ0v) is 17.4. The summed E-state index contributed by atoms with van der Waals surface area (Å²) in [6, 6.07) is 13.7. The summed E-state index contributed by atoms with van der Waals surface area (Å²) in [5.74, 6) is -0.00678. The number of aliphatic hydroxyl groups excluding tert-OH is 1. The van der Waals surface area contributed by atoms with Gasteiger partial charge < -0.3 is 9.84 Å². The van der Waals surface area contributed by atoms with E-state index in [-0.39, 0.29) is 30.6 Å². The number of fused-ring (bicyclic) bond motifs is 1. The lowest BCUT2D eigenvalue weighted by Crippen LogP contribution is -2.27. The Balaban J connectivity index is 1.67. The van der Waals surface area contributed by atoms with Gasteiger partial charge in [0.1, 0.15) is 5.82 Å². The Bertz CT molecular complexity index is 1020. The molecule has 0 bridgehead atoms. The Labute approximate surface area is 173 Å². The minimum absolute atomic E-state index is 0.00319. The minimum Gasteiger partial charge on any atom is -0.390 e. The minimum atomic E-state index is -0.763. The van der Waals surface area contributed by atoms with Gasteiger partial charge in [0.2, 0.25) is 0 Å². The van der Waals surface area contributed by atoms with Gasteiger partial charge in [0.05, 0.1) is 30.2 Å². The highest BCUT2D eigenvalue weighted by Gasteiger charge is 2.17. The molecule has 7 heteroatoms. The number of thioether (sulfide) groups is 1. The first-order chi connectivity index (χ1) is 14.0. The molecule has 5 nitrogen and oxygen atoms in total. The molecule has 0 aliphatic rings. The molecule has 0 amide bonds. The molecule has 2 atom stereocenters. The van der Waals surface area contributed by atoms with Crippen LogP contribution in [0.25, 0.3) is 10.9 Å². The number of benzene rings is 2. The molecule has 1 aromatic heterocycles. The molecule has 3 aromatic rings. The highest BCUT2D eigenvalue weighted by molar-refractivity contribution is 7.99. The second-order valence-electron chi connectivity index (χ2n) is 6.92. The van der Waals surface area contributed by atoms with Crippen molar-refractivity contribution in [2.75, 3.05) is 12.4 Å². The van der Waals surface area contributed by atoms with Crippen molar-refractivity contribution in [3.63, 3.8) is 0 Å².